The van der Waals surface area contributed by atoms with E-state index in [-0.39, 0.29) is 6.61 Å². The topological polar surface area (TPSA) is 98.8 Å². The Hall–Kier alpha value is -1.89. The second-order valence-corrected chi connectivity index (χ2v) is 3.93. The van der Waals surface area contributed by atoms with E-state index in [4.69, 9.17) is 5.11 Å². The van der Waals surface area contributed by atoms with Crippen molar-refractivity contribution in [3.8, 4) is 0 Å². The lowest BCUT2D eigenvalue weighted by atomic mass is 10.4. The van der Waals surface area contributed by atoms with Crippen molar-refractivity contribution in [2.24, 2.45) is 0 Å². The molecule has 0 spiro atoms. The van der Waals surface area contributed by atoms with Crippen LogP contribution in [-0.2, 0) is 0 Å². The molecule has 0 saturated carbocycles. The number of aliphatic hydroxyl groups excluding tert-OH is 1. The first-order chi connectivity index (χ1) is 8.85. The summed E-state index contributed by atoms with van der Waals surface area (Å²) in [5.74, 6) is 1.28. The molecule has 0 atom stereocenters. The second-order valence-electron chi connectivity index (χ2n) is 3.93. The SMILES string of the molecule is CCCNc1nc(NCCCO)c2[nH]cnc2n1. The van der Waals surface area contributed by atoms with Gasteiger partial charge in [-0.1, -0.05) is 6.92 Å². The molecule has 0 aromatic carbocycles. The standard InChI is InChI=1S/C11H18N6O/c1-2-4-13-11-16-9(12-5-3-6-18)8-10(17-11)15-7-14-8/h7,18H,2-6H2,1H3,(H3,12,13,14,15,16,17). The van der Waals surface area contributed by atoms with Crippen molar-refractivity contribution in [2.45, 2.75) is 19.8 Å². The molecular formula is C11H18N6O. The highest BCUT2D eigenvalue weighted by molar-refractivity contribution is 5.83. The van der Waals surface area contributed by atoms with Gasteiger partial charge in [0.05, 0.1) is 6.33 Å². The molecule has 0 aliphatic rings. The van der Waals surface area contributed by atoms with Gasteiger partial charge in [0.15, 0.2) is 11.5 Å². The van der Waals surface area contributed by atoms with Crippen molar-refractivity contribution >= 4 is 22.9 Å². The molecule has 0 aliphatic carbocycles. The van der Waals surface area contributed by atoms with Crippen LogP contribution in [0.1, 0.15) is 19.8 Å². The molecule has 0 saturated heterocycles. The van der Waals surface area contributed by atoms with Gasteiger partial charge in [-0.05, 0) is 12.8 Å². The number of nitrogens with zero attached hydrogens (tertiary/aromatic N) is 3. The van der Waals surface area contributed by atoms with Gasteiger partial charge in [0, 0.05) is 19.7 Å². The van der Waals surface area contributed by atoms with E-state index in [9.17, 15) is 0 Å². The normalized spacial score (nSPS) is 10.8. The summed E-state index contributed by atoms with van der Waals surface area (Å²) >= 11 is 0. The zero-order chi connectivity index (χ0) is 12.8. The van der Waals surface area contributed by atoms with E-state index in [0.717, 1.165) is 18.5 Å². The quantitative estimate of drug-likeness (QED) is 0.546. The first kappa shape index (κ1) is 12.6. The van der Waals surface area contributed by atoms with Gasteiger partial charge >= 0.3 is 0 Å². The number of anilines is 2. The molecule has 0 radical (unpaired) electrons. The number of nitrogens with one attached hydrogen (secondary N) is 3. The summed E-state index contributed by atoms with van der Waals surface area (Å²) in [5, 5.41) is 15.1. The molecule has 0 unspecified atom stereocenters. The molecular weight excluding hydrogens is 232 g/mol. The Labute approximate surface area is 105 Å². The van der Waals surface area contributed by atoms with Crippen LogP contribution in [0.4, 0.5) is 11.8 Å². The lowest BCUT2D eigenvalue weighted by Gasteiger charge is -2.08. The third-order valence-corrected chi connectivity index (χ3v) is 2.45. The Kier molecular flexibility index (Phi) is 4.30. The summed E-state index contributed by atoms with van der Waals surface area (Å²) in [6.07, 6.45) is 3.28. The molecule has 2 heterocycles. The van der Waals surface area contributed by atoms with Crippen LogP contribution in [0.2, 0.25) is 0 Å². The molecule has 4 N–H and O–H groups in total. The van der Waals surface area contributed by atoms with E-state index >= 15 is 0 Å². The van der Waals surface area contributed by atoms with Crippen LogP contribution in [0.25, 0.3) is 11.2 Å². The Balaban J connectivity index is 2.21. The average Bonchev–Trinajstić information content (AvgIpc) is 2.85. The van der Waals surface area contributed by atoms with Crippen LogP contribution in [0.3, 0.4) is 0 Å². The molecule has 2 rings (SSSR count). The zero-order valence-corrected chi connectivity index (χ0v) is 10.4. The van der Waals surface area contributed by atoms with Crippen molar-refractivity contribution in [3.05, 3.63) is 6.33 Å². The molecule has 7 heteroatoms. The highest BCUT2D eigenvalue weighted by Crippen LogP contribution is 2.18. The number of fused-ring (bicyclic) bond motifs is 1. The van der Waals surface area contributed by atoms with Gasteiger partial charge < -0.3 is 20.7 Å². The molecule has 0 amide bonds. The minimum Gasteiger partial charge on any atom is -0.396 e. The third kappa shape index (κ3) is 2.86. The fourth-order valence-corrected chi connectivity index (χ4v) is 1.56. The van der Waals surface area contributed by atoms with Crippen molar-refractivity contribution in [2.75, 3.05) is 30.3 Å². The fourth-order valence-electron chi connectivity index (χ4n) is 1.56. The smallest absolute Gasteiger partial charge is 0.226 e. The van der Waals surface area contributed by atoms with Gasteiger partial charge in [0.1, 0.15) is 5.52 Å². The number of hydrogen-bond acceptors (Lipinski definition) is 6. The van der Waals surface area contributed by atoms with Crippen molar-refractivity contribution < 1.29 is 5.11 Å². The van der Waals surface area contributed by atoms with E-state index in [0.29, 0.717) is 30.4 Å². The predicted octanol–water partition coefficient (Wildman–Crippen LogP) is 0.969. The summed E-state index contributed by atoms with van der Waals surface area (Å²) < 4.78 is 0. The Bertz CT molecular complexity index is 497. The fraction of sp³-hybridized carbons (Fsp3) is 0.545. The monoisotopic (exact) mass is 250 g/mol. The summed E-state index contributed by atoms with van der Waals surface area (Å²) in [5.41, 5.74) is 1.42. The van der Waals surface area contributed by atoms with Crippen LogP contribution in [0.15, 0.2) is 6.33 Å². The van der Waals surface area contributed by atoms with Crippen molar-refractivity contribution in [1.82, 2.24) is 19.9 Å². The van der Waals surface area contributed by atoms with Gasteiger partial charge in [-0.15, -0.1) is 0 Å². The van der Waals surface area contributed by atoms with Crippen LogP contribution in [0.5, 0.6) is 0 Å². The Morgan fingerprint density at radius 3 is 2.94 bits per heavy atom. The largest absolute Gasteiger partial charge is 0.396 e. The van der Waals surface area contributed by atoms with Gasteiger partial charge in [0.25, 0.3) is 0 Å². The van der Waals surface area contributed by atoms with E-state index in [2.05, 4.69) is 37.5 Å². The van der Waals surface area contributed by atoms with Crippen molar-refractivity contribution in [1.29, 1.82) is 0 Å². The second kappa shape index (κ2) is 6.15. The highest BCUT2D eigenvalue weighted by atomic mass is 16.3. The van der Waals surface area contributed by atoms with Crippen LogP contribution >= 0.6 is 0 Å². The maximum atomic E-state index is 8.78. The average molecular weight is 250 g/mol. The van der Waals surface area contributed by atoms with E-state index in [1.165, 1.54) is 0 Å². The summed E-state index contributed by atoms with van der Waals surface area (Å²) in [4.78, 5) is 15.9. The first-order valence-electron chi connectivity index (χ1n) is 6.15. The molecule has 18 heavy (non-hydrogen) atoms. The van der Waals surface area contributed by atoms with Gasteiger partial charge in [-0.3, -0.25) is 0 Å². The number of hydrogen-bond donors (Lipinski definition) is 4. The van der Waals surface area contributed by atoms with Gasteiger partial charge in [-0.25, -0.2) is 4.98 Å². The molecule has 2 aromatic heterocycles. The van der Waals surface area contributed by atoms with Crippen LogP contribution < -0.4 is 10.6 Å². The lowest BCUT2D eigenvalue weighted by molar-refractivity contribution is 0.292. The minimum atomic E-state index is 0.158. The number of aromatic amines is 1. The van der Waals surface area contributed by atoms with Gasteiger partial charge in [0.2, 0.25) is 5.95 Å². The number of aromatic nitrogens is 4. The van der Waals surface area contributed by atoms with E-state index in [1.807, 2.05) is 0 Å². The number of aliphatic hydroxyl groups is 1. The number of rotatable bonds is 7. The third-order valence-electron chi connectivity index (χ3n) is 2.45. The number of imidazole rings is 1. The Morgan fingerprint density at radius 1 is 1.28 bits per heavy atom. The molecule has 0 fully saturated rings. The van der Waals surface area contributed by atoms with Crippen molar-refractivity contribution in [3.63, 3.8) is 0 Å². The molecule has 0 bridgehead atoms. The van der Waals surface area contributed by atoms with E-state index in [1.54, 1.807) is 6.33 Å². The molecule has 98 valence electrons. The molecule has 2 aromatic rings. The van der Waals surface area contributed by atoms with Crippen LogP contribution in [0, 0.1) is 0 Å². The van der Waals surface area contributed by atoms with E-state index < -0.39 is 0 Å². The molecule has 0 aliphatic heterocycles. The summed E-state index contributed by atoms with van der Waals surface area (Å²) in [6.45, 7) is 3.73. The maximum absolute atomic E-state index is 8.78. The molecule has 7 nitrogen and oxygen atoms in total. The highest BCUT2D eigenvalue weighted by Gasteiger charge is 2.08. The predicted molar refractivity (Wildman–Crippen MR) is 70.7 cm³/mol. The van der Waals surface area contributed by atoms with Gasteiger partial charge in [-0.2, -0.15) is 9.97 Å². The maximum Gasteiger partial charge on any atom is 0.226 e. The first-order valence-corrected chi connectivity index (χ1v) is 6.15. The number of H-pyrrole nitrogens is 1. The zero-order valence-electron chi connectivity index (χ0n) is 10.4. The Morgan fingerprint density at radius 2 is 2.17 bits per heavy atom. The summed E-state index contributed by atoms with van der Waals surface area (Å²) in [7, 11) is 0. The lowest BCUT2D eigenvalue weighted by Crippen LogP contribution is -2.10. The summed E-state index contributed by atoms with van der Waals surface area (Å²) in [6, 6.07) is 0. The van der Waals surface area contributed by atoms with Crippen LogP contribution in [-0.4, -0.2) is 44.7 Å². The minimum absolute atomic E-state index is 0.158.